The van der Waals surface area contributed by atoms with E-state index >= 15 is 0 Å². The number of halogens is 1. The third-order valence-corrected chi connectivity index (χ3v) is 4.06. The van der Waals surface area contributed by atoms with Crippen LogP contribution in [0.25, 0.3) is 0 Å². The Morgan fingerprint density at radius 3 is 2.72 bits per heavy atom. The van der Waals surface area contributed by atoms with Crippen molar-refractivity contribution in [1.82, 2.24) is 15.5 Å². The standard InChI is InChI=1S/C13H27N3O.ClH/c1-13(2)11-14-4-3-12(13)15-5-6-16-7-9-17-10-8-16;/h12,14-15H,3-11H2,1-2H3;1H. The molecule has 2 aliphatic heterocycles. The first-order chi connectivity index (χ1) is 8.18. The van der Waals surface area contributed by atoms with E-state index in [1.54, 1.807) is 0 Å². The first-order valence-electron chi connectivity index (χ1n) is 6.93. The van der Waals surface area contributed by atoms with Gasteiger partial charge >= 0.3 is 0 Å². The van der Waals surface area contributed by atoms with Crippen LogP contribution in [-0.4, -0.2) is 63.4 Å². The van der Waals surface area contributed by atoms with E-state index in [4.69, 9.17) is 4.74 Å². The van der Waals surface area contributed by atoms with Crippen molar-refractivity contribution < 1.29 is 4.74 Å². The van der Waals surface area contributed by atoms with Gasteiger partial charge in [0.1, 0.15) is 0 Å². The molecule has 0 spiro atoms. The molecule has 0 radical (unpaired) electrons. The van der Waals surface area contributed by atoms with Crippen molar-refractivity contribution in [3.8, 4) is 0 Å². The van der Waals surface area contributed by atoms with Crippen molar-refractivity contribution in [2.45, 2.75) is 26.3 Å². The van der Waals surface area contributed by atoms with Gasteiger partial charge in [-0.15, -0.1) is 12.4 Å². The maximum Gasteiger partial charge on any atom is 0.0594 e. The predicted molar refractivity (Wildman–Crippen MR) is 77.6 cm³/mol. The molecule has 2 saturated heterocycles. The molecule has 1 atom stereocenters. The minimum Gasteiger partial charge on any atom is -0.379 e. The minimum atomic E-state index is 0. The molecule has 0 bridgehead atoms. The van der Waals surface area contributed by atoms with Crippen molar-refractivity contribution >= 4 is 12.4 Å². The first-order valence-corrected chi connectivity index (χ1v) is 6.93. The van der Waals surface area contributed by atoms with Crippen LogP contribution < -0.4 is 10.6 Å². The van der Waals surface area contributed by atoms with E-state index in [2.05, 4.69) is 29.4 Å². The molecule has 0 aromatic heterocycles. The first kappa shape index (κ1) is 16.2. The van der Waals surface area contributed by atoms with Crippen LogP contribution in [0.2, 0.25) is 0 Å². The highest BCUT2D eigenvalue weighted by Crippen LogP contribution is 2.24. The Morgan fingerprint density at radius 2 is 2.06 bits per heavy atom. The van der Waals surface area contributed by atoms with Crippen LogP contribution >= 0.6 is 12.4 Å². The van der Waals surface area contributed by atoms with Gasteiger partial charge in [0.05, 0.1) is 13.2 Å². The lowest BCUT2D eigenvalue weighted by atomic mass is 9.80. The van der Waals surface area contributed by atoms with Gasteiger partial charge in [-0.05, 0) is 18.4 Å². The molecule has 2 heterocycles. The fourth-order valence-electron chi connectivity index (χ4n) is 2.77. The van der Waals surface area contributed by atoms with E-state index in [1.807, 2.05) is 0 Å². The quantitative estimate of drug-likeness (QED) is 0.794. The number of hydrogen-bond donors (Lipinski definition) is 2. The Hall–Kier alpha value is 0.130. The van der Waals surface area contributed by atoms with Crippen LogP contribution in [0.3, 0.4) is 0 Å². The van der Waals surface area contributed by atoms with Gasteiger partial charge in [-0.3, -0.25) is 4.90 Å². The Balaban J connectivity index is 0.00000162. The summed E-state index contributed by atoms with van der Waals surface area (Å²) in [6.45, 7) is 13.2. The number of nitrogens with one attached hydrogen (secondary N) is 2. The zero-order chi connectivity index (χ0) is 12.1. The monoisotopic (exact) mass is 277 g/mol. The smallest absolute Gasteiger partial charge is 0.0594 e. The summed E-state index contributed by atoms with van der Waals surface area (Å²) in [5, 5.41) is 7.21. The van der Waals surface area contributed by atoms with Gasteiger partial charge in [0.2, 0.25) is 0 Å². The zero-order valence-electron chi connectivity index (χ0n) is 11.7. The van der Waals surface area contributed by atoms with E-state index < -0.39 is 0 Å². The van der Waals surface area contributed by atoms with Crippen LogP contribution in [0.4, 0.5) is 0 Å². The molecule has 0 aromatic rings. The van der Waals surface area contributed by atoms with Crippen molar-refractivity contribution in [2.75, 3.05) is 52.5 Å². The molecule has 2 fully saturated rings. The van der Waals surface area contributed by atoms with Gasteiger partial charge in [-0.1, -0.05) is 13.8 Å². The Kier molecular flexibility index (Phi) is 6.88. The molecule has 2 N–H and O–H groups in total. The van der Waals surface area contributed by atoms with Gasteiger partial charge in [0, 0.05) is 38.8 Å². The van der Waals surface area contributed by atoms with E-state index in [0.29, 0.717) is 11.5 Å². The van der Waals surface area contributed by atoms with E-state index in [-0.39, 0.29) is 12.4 Å². The average molecular weight is 278 g/mol. The van der Waals surface area contributed by atoms with Crippen LogP contribution in [-0.2, 0) is 4.74 Å². The van der Waals surface area contributed by atoms with Gasteiger partial charge in [0.15, 0.2) is 0 Å². The van der Waals surface area contributed by atoms with E-state index in [9.17, 15) is 0 Å². The molecule has 18 heavy (non-hydrogen) atoms. The normalized spacial score (nSPS) is 28.7. The van der Waals surface area contributed by atoms with Crippen LogP contribution in [0.5, 0.6) is 0 Å². The second-order valence-corrected chi connectivity index (χ2v) is 5.91. The van der Waals surface area contributed by atoms with Gasteiger partial charge in [-0.25, -0.2) is 0 Å². The van der Waals surface area contributed by atoms with E-state index in [1.165, 1.54) is 6.42 Å². The minimum absolute atomic E-state index is 0. The van der Waals surface area contributed by atoms with Crippen molar-refractivity contribution in [3.63, 3.8) is 0 Å². The van der Waals surface area contributed by atoms with E-state index in [0.717, 1.165) is 52.5 Å². The third-order valence-electron chi connectivity index (χ3n) is 4.06. The Bertz CT molecular complexity index is 232. The summed E-state index contributed by atoms with van der Waals surface area (Å²) in [6, 6.07) is 0.657. The highest BCUT2D eigenvalue weighted by atomic mass is 35.5. The summed E-state index contributed by atoms with van der Waals surface area (Å²) in [7, 11) is 0. The average Bonchev–Trinajstić information content (AvgIpc) is 2.32. The summed E-state index contributed by atoms with van der Waals surface area (Å²) >= 11 is 0. The molecule has 2 rings (SSSR count). The predicted octanol–water partition coefficient (Wildman–Crippen LogP) is 0.718. The largest absolute Gasteiger partial charge is 0.379 e. The summed E-state index contributed by atoms with van der Waals surface area (Å²) in [5.41, 5.74) is 0.378. The molecule has 1 unspecified atom stereocenters. The van der Waals surface area contributed by atoms with Crippen LogP contribution in [0, 0.1) is 5.41 Å². The van der Waals surface area contributed by atoms with Gasteiger partial charge in [0.25, 0.3) is 0 Å². The van der Waals surface area contributed by atoms with Crippen molar-refractivity contribution in [1.29, 1.82) is 0 Å². The summed E-state index contributed by atoms with van der Waals surface area (Å²) in [6.07, 6.45) is 1.25. The lowest BCUT2D eigenvalue weighted by molar-refractivity contribution is 0.0371. The van der Waals surface area contributed by atoms with Gasteiger partial charge in [-0.2, -0.15) is 0 Å². The second-order valence-electron chi connectivity index (χ2n) is 5.91. The fourth-order valence-corrected chi connectivity index (χ4v) is 2.77. The number of ether oxygens (including phenoxy) is 1. The summed E-state index contributed by atoms with van der Waals surface area (Å²) < 4.78 is 5.36. The summed E-state index contributed by atoms with van der Waals surface area (Å²) in [4.78, 5) is 2.49. The summed E-state index contributed by atoms with van der Waals surface area (Å²) in [5.74, 6) is 0. The van der Waals surface area contributed by atoms with Crippen molar-refractivity contribution in [2.24, 2.45) is 5.41 Å². The third kappa shape index (κ3) is 4.67. The Labute approximate surface area is 117 Å². The molecular formula is C13H28ClN3O. The fraction of sp³-hybridized carbons (Fsp3) is 1.00. The highest BCUT2D eigenvalue weighted by molar-refractivity contribution is 5.85. The van der Waals surface area contributed by atoms with Crippen LogP contribution in [0.1, 0.15) is 20.3 Å². The maximum atomic E-state index is 5.36. The number of nitrogens with zero attached hydrogens (tertiary/aromatic N) is 1. The number of hydrogen-bond acceptors (Lipinski definition) is 4. The molecule has 0 aliphatic carbocycles. The molecule has 0 amide bonds. The van der Waals surface area contributed by atoms with Crippen LogP contribution in [0.15, 0.2) is 0 Å². The number of piperidine rings is 1. The zero-order valence-corrected chi connectivity index (χ0v) is 12.5. The topological polar surface area (TPSA) is 36.5 Å². The maximum absolute atomic E-state index is 5.36. The molecule has 108 valence electrons. The lowest BCUT2D eigenvalue weighted by Crippen LogP contribution is -2.54. The number of rotatable bonds is 4. The molecular weight excluding hydrogens is 250 g/mol. The molecule has 0 aromatic carbocycles. The lowest BCUT2D eigenvalue weighted by Gasteiger charge is -2.40. The molecule has 0 saturated carbocycles. The van der Waals surface area contributed by atoms with Crippen molar-refractivity contribution in [3.05, 3.63) is 0 Å². The molecule has 5 heteroatoms. The SMILES string of the molecule is CC1(C)CNCCC1NCCN1CCOCC1.Cl. The molecule has 4 nitrogen and oxygen atoms in total. The highest BCUT2D eigenvalue weighted by Gasteiger charge is 2.31. The number of morpholine rings is 1. The second kappa shape index (κ2) is 7.65. The Morgan fingerprint density at radius 1 is 1.33 bits per heavy atom. The van der Waals surface area contributed by atoms with Gasteiger partial charge < -0.3 is 15.4 Å². The molecule has 2 aliphatic rings.